The van der Waals surface area contributed by atoms with Gasteiger partial charge in [0, 0.05) is 41.4 Å². The van der Waals surface area contributed by atoms with Crippen molar-refractivity contribution in [3.8, 4) is 5.75 Å². The molecule has 0 amide bonds. The first-order valence-corrected chi connectivity index (χ1v) is 10.2. The van der Waals surface area contributed by atoms with Crippen LogP contribution in [0.15, 0.2) is 29.3 Å². The van der Waals surface area contributed by atoms with Crippen LogP contribution in [0.5, 0.6) is 5.75 Å². The molecule has 0 aliphatic heterocycles. The molecule has 150 valence electrons. The van der Waals surface area contributed by atoms with Gasteiger partial charge in [-0.1, -0.05) is 12.1 Å². The second-order valence-electron chi connectivity index (χ2n) is 6.83. The van der Waals surface area contributed by atoms with Gasteiger partial charge in [-0.2, -0.15) is 0 Å². The van der Waals surface area contributed by atoms with Crippen molar-refractivity contribution in [1.29, 1.82) is 0 Å². The smallest absolute Gasteiger partial charge is 0.193 e. The van der Waals surface area contributed by atoms with Crippen LogP contribution >= 0.6 is 24.0 Å². The normalized spacial score (nSPS) is 12.9. The lowest BCUT2D eigenvalue weighted by Gasteiger charge is -2.23. The van der Waals surface area contributed by atoms with Crippen molar-refractivity contribution >= 4 is 40.7 Å². The van der Waals surface area contributed by atoms with Gasteiger partial charge in [-0.15, -0.1) is 24.0 Å². The molecular weight excluding hydrogens is 461 g/mol. The summed E-state index contributed by atoms with van der Waals surface area (Å²) < 4.78 is 17.4. The minimum atomic E-state index is -0.881. The molecule has 0 heterocycles. The highest BCUT2D eigenvalue weighted by atomic mass is 127. The minimum Gasteiger partial charge on any atom is -0.494 e. The van der Waals surface area contributed by atoms with Gasteiger partial charge in [-0.05, 0) is 52.3 Å². The first-order valence-electron chi connectivity index (χ1n) is 8.87. The van der Waals surface area contributed by atoms with Gasteiger partial charge < -0.3 is 15.0 Å². The van der Waals surface area contributed by atoms with E-state index >= 15 is 0 Å². The monoisotopic (exact) mass is 495 g/mol. The fraction of sp³-hybridized carbons (Fsp3) is 0.632. The molecule has 0 spiro atoms. The molecule has 1 atom stereocenters. The summed E-state index contributed by atoms with van der Waals surface area (Å²) >= 11 is 0. The Bertz CT molecular complexity index is 571. The van der Waals surface area contributed by atoms with Gasteiger partial charge in [0.15, 0.2) is 5.96 Å². The Morgan fingerprint density at radius 1 is 1.23 bits per heavy atom. The van der Waals surface area contributed by atoms with E-state index in [0.717, 1.165) is 24.8 Å². The average Bonchev–Trinajstić information content (AvgIpc) is 2.55. The van der Waals surface area contributed by atoms with Gasteiger partial charge in [-0.3, -0.25) is 9.20 Å². The summed E-state index contributed by atoms with van der Waals surface area (Å²) in [6, 6.07) is 8.12. The van der Waals surface area contributed by atoms with E-state index in [1.54, 1.807) is 0 Å². The molecule has 1 aromatic carbocycles. The summed E-state index contributed by atoms with van der Waals surface area (Å²) in [6.07, 6.45) is 0. The van der Waals surface area contributed by atoms with E-state index in [2.05, 4.69) is 27.3 Å². The zero-order valence-electron chi connectivity index (χ0n) is 16.9. The van der Waals surface area contributed by atoms with Crippen molar-refractivity contribution < 1.29 is 8.95 Å². The lowest BCUT2D eigenvalue weighted by atomic mass is 10.2. The van der Waals surface area contributed by atoms with Crippen molar-refractivity contribution in [2.24, 2.45) is 4.99 Å². The summed E-state index contributed by atoms with van der Waals surface area (Å²) in [7, 11) is 1.13. The molecule has 0 aliphatic carbocycles. The summed E-state index contributed by atoms with van der Waals surface area (Å²) in [4.78, 5) is 6.71. The van der Waals surface area contributed by atoms with E-state index in [1.807, 2.05) is 53.8 Å². The Morgan fingerprint density at radius 3 is 2.35 bits per heavy atom. The number of guanidine groups is 1. The highest BCUT2D eigenvalue weighted by molar-refractivity contribution is 14.0. The third-order valence-corrected chi connectivity index (χ3v) is 5.49. The van der Waals surface area contributed by atoms with Crippen molar-refractivity contribution in [3.05, 3.63) is 29.8 Å². The number of aliphatic imine (C=N–C) groups is 1. The SMILES string of the molecule is CCNC(=NCCS(=O)C(C)(C)C)N(C)Cc1ccc(OCC)cc1.I. The molecule has 0 bridgehead atoms. The van der Waals surface area contributed by atoms with Crippen LogP contribution in [-0.4, -0.2) is 52.3 Å². The highest BCUT2D eigenvalue weighted by Gasteiger charge is 2.18. The Hall–Kier alpha value is -0.830. The van der Waals surface area contributed by atoms with E-state index in [1.165, 1.54) is 5.56 Å². The summed E-state index contributed by atoms with van der Waals surface area (Å²) in [6.45, 7) is 12.8. The van der Waals surface area contributed by atoms with Gasteiger partial charge in [0.1, 0.15) is 5.75 Å². The van der Waals surface area contributed by atoms with E-state index in [0.29, 0.717) is 18.9 Å². The van der Waals surface area contributed by atoms with Crippen LogP contribution in [-0.2, 0) is 17.3 Å². The first-order chi connectivity index (χ1) is 11.8. The molecule has 0 aliphatic rings. The van der Waals surface area contributed by atoms with Gasteiger partial charge in [-0.25, -0.2) is 0 Å². The van der Waals surface area contributed by atoms with Crippen LogP contribution in [0.3, 0.4) is 0 Å². The van der Waals surface area contributed by atoms with Crippen LogP contribution in [0.4, 0.5) is 0 Å². The van der Waals surface area contributed by atoms with Gasteiger partial charge in [0.05, 0.1) is 13.2 Å². The van der Waals surface area contributed by atoms with Crippen molar-refractivity contribution in [3.63, 3.8) is 0 Å². The van der Waals surface area contributed by atoms with Gasteiger partial charge in [0.2, 0.25) is 0 Å². The second-order valence-corrected chi connectivity index (χ2v) is 9.15. The van der Waals surface area contributed by atoms with Crippen LogP contribution in [0, 0.1) is 0 Å². The number of hydrogen-bond donors (Lipinski definition) is 1. The van der Waals surface area contributed by atoms with Crippen LogP contribution < -0.4 is 10.1 Å². The van der Waals surface area contributed by atoms with Crippen LogP contribution in [0.1, 0.15) is 40.2 Å². The number of benzene rings is 1. The van der Waals surface area contributed by atoms with Gasteiger partial charge >= 0.3 is 0 Å². The zero-order valence-corrected chi connectivity index (χ0v) is 20.0. The van der Waals surface area contributed by atoms with Crippen molar-refractivity contribution in [1.82, 2.24) is 10.2 Å². The number of hydrogen-bond acceptors (Lipinski definition) is 3. The van der Waals surface area contributed by atoms with Crippen molar-refractivity contribution in [2.75, 3.05) is 32.5 Å². The number of halogens is 1. The lowest BCUT2D eigenvalue weighted by molar-refractivity contribution is 0.340. The summed E-state index contributed by atoms with van der Waals surface area (Å²) in [5.41, 5.74) is 1.19. The third kappa shape index (κ3) is 9.21. The Balaban J connectivity index is 0.00000625. The van der Waals surface area contributed by atoms with Crippen LogP contribution in [0.25, 0.3) is 0 Å². The van der Waals surface area contributed by atoms with Crippen LogP contribution in [0.2, 0.25) is 0 Å². The fourth-order valence-corrected chi connectivity index (χ4v) is 3.09. The van der Waals surface area contributed by atoms with E-state index < -0.39 is 10.8 Å². The fourth-order valence-electron chi connectivity index (χ4n) is 2.22. The first kappa shape index (κ1) is 25.2. The maximum absolute atomic E-state index is 12.1. The summed E-state index contributed by atoms with van der Waals surface area (Å²) in [5, 5.41) is 3.30. The second kappa shape index (κ2) is 12.5. The quantitative estimate of drug-likeness (QED) is 0.340. The largest absolute Gasteiger partial charge is 0.494 e. The number of ether oxygens (including phenoxy) is 1. The lowest BCUT2D eigenvalue weighted by Crippen LogP contribution is -2.39. The minimum absolute atomic E-state index is 0. The molecule has 26 heavy (non-hydrogen) atoms. The molecule has 7 heteroatoms. The molecule has 1 N–H and O–H groups in total. The van der Waals surface area contributed by atoms with E-state index in [4.69, 9.17) is 4.74 Å². The molecule has 0 saturated carbocycles. The number of rotatable bonds is 8. The predicted octanol–water partition coefficient (Wildman–Crippen LogP) is 3.65. The maximum Gasteiger partial charge on any atom is 0.193 e. The van der Waals surface area contributed by atoms with E-state index in [9.17, 15) is 4.21 Å². The highest BCUT2D eigenvalue weighted by Crippen LogP contribution is 2.13. The molecule has 1 unspecified atom stereocenters. The van der Waals surface area contributed by atoms with Crippen molar-refractivity contribution in [2.45, 2.75) is 45.9 Å². The Morgan fingerprint density at radius 2 is 1.85 bits per heavy atom. The predicted molar refractivity (Wildman–Crippen MR) is 123 cm³/mol. The summed E-state index contributed by atoms with van der Waals surface area (Å²) in [5.74, 6) is 2.30. The standard InChI is InChI=1S/C19H33N3O2S.HI/c1-7-20-18(21-13-14-25(23)19(3,4)5)22(6)15-16-9-11-17(12-10-16)24-8-2;/h9-12H,7-8,13-15H2,1-6H3,(H,20,21);1H. The molecule has 0 radical (unpaired) electrons. The Labute approximate surface area is 178 Å². The molecule has 1 rings (SSSR count). The molecule has 0 fully saturated rings. The molecule has 0 aromatic heterocycles. The topological polar surface area (TPSA) is 53.9 Å². The molecule has 0 saturated heterocycles. The molecular formula is C19H34IN3O2S. The zero-order chi connectivity index (χ0) is 18.9. The number of nitrogens with zero attached hydrogens (tertiary/aromatic N) is 2. The Kier molecular flexibility index (Phi) is 12.1. The average molecular weight is 495 g/mol. The third-order valence-electron chi connectivity index (χ3n) is 3.57. The number of nitrogens with one attached hydrogen (secondary N) is 1. The maximum atomic E-state index is 12.1. The van der Waals surface area contributed by atoms with E-state index in [-0.39, 0.29) is 28.7 Å². The molecule has 1 aromatic rings. The molecule has 5 nitrogen and oxygen atoms in total. The van der Waals surface area contributed by atoms with Gasteiger partial charge in [0.25, 0.3) is 0 Å².